The van der Waals surface area contributed by atoms with Gasteiger partial charge in [-0.1, -0.05) is 6.07 Å². The van der Waals surface area contributed by atoms with E-state index in [1.807, 2.05) is 0 Å². The summed E-state index contributed by atoms with van der Waals surface area (Å²) in [7, 11) is -3.69. The highest BCUT2D eigenvalue weighted by molar-refractivity contribution is 7.89. The zero-order valence-electron chi connectivity index (χ0n) is 15.3. The average molecular weight is 424 g/mol. The lowest BCUT2D eigenvalue weighted by Gasteiger charge is -2.34. The molecule has 0 radical (unpaired) electrons. The van der Waals surface area contributed by atoms with Gasteiger partial charge in [0, 0.05) is 52.1 Å². The molecule has 0 aliphatic carbocycles. The first kappa shape index (κ1) is 19.2. The number of benzene rings is 1. The smallest absolute Gasteiger partial charge is 0.245 e. The fourth-order valence-corrected chi connectivity index (χ4v) is 5.81. The lowest BCUT2D eigenvalue weighted by Crippen LogP contribution is -2.50. The van der Waals surface area contributed by atoms with E-state index in [1.54, 1.807) is 28.0 Å². The molecule has 0 bridgehead atoms. The van der Waals surface area contributed by atoms with Gasteiger partial charge in [0.15, 0.2) is 0 Å². The zero-order chi connectivity index (χ0) is 19.7. The Kier molecular flexibility index (Phi) is 5.30. The molecule has 1 aromatic heterocycles. The molecule has 2 fully saturated rings. The fraction of sp³-hybridized carbons (Fsp3) is 0.529. The van der Waals surface area contributed by atoms with Crippen molar-refractivity contribution in [3.63, 3.8) is 0 Å². The van der Waals surface area contributed by atoms with Crippen molar-refractivity contribution in [3.05, 3.63) is 18.2 Å². The summed E-state index contributed by atoms with van der Waals surface area (Å²) >= 11 is 0.986. The van der Waals surface area contributed by atoms with Gasteiger partial charge in [-0.15, -0.1) is 0 Å². The van der Waals surface area contributed by atoms with Crippen molar-refractivity contribution in [1.29, 1.82) is 0 Å². The summed E-state index contributed by atoms with van der Waals surface area (Å²) in [6, 6.07) is 4.94. The quantitative estimate of drug-likeness (QED) is 0.695. The summed E-state index contributed by atoms with van der Waals surface area (Å²) < 4.78 is 35.7. The topological polar surface area (TPSA) is 104 Å². The molecule has 28 heavy (non-hydrogen) atoms. The highest BCUT2D eigenvalue weighted by atomic mass is 32.2. The van der Waals surface area contributed by atoms with E-state index in [1.165, 1.54) is 4.31 Å². The highest BCUT2D eigenvalue weighted by Crippen LogP contribution is 2.25. The Morgan fingerprint density at radius 2 is 1.89 bits per heavy atom. The Hall–Kier alpha value is -2.11. The second kappa shape index (κ2) is 7.72. The molecule has 2 aliphatic rings. The molecule has 0 saturated carbocycles. The average Bonchev–Trinajstić information content (AvgIpc) is 3.34. The van der Waals surface area contributed by atoms with Gasteiger partial charge in [0.05, 0.1) is 11.7 Å². The predicted molar refractivity (Wildman–Crippen MR) is 103 cm³/mol. The molecule has 2 saturated heterocycles. The molecule has 2 aromatic rings. The number of carbonyl (C=O) groups is 2. The van der Waals surface area contributed by atoms with Gasteiger partial charge >= 0.3 is 0 Å². The van der Waals surface area contributed by atoms with Gasteiger partial charge in [0.1, 0.15) is 15.9 Å². The molecule has 11 heteroatoms. The number of amides is 2. The first-order chi connectivity index (χ1) is 13.5. The van der Waals surface area contributed by atoms with Crippen LogP contribution in [0.5, 0.6) is 0 Å². The van der Waals surface area contributed by atoms with Crippen LogP contribution in [0.2, 0.25) is 0 Å². The molecule has 1 aromatic carbocycles. The van der Waals surface area contributed by atoms with Crippen LogP contribution in [0.1, 0.15) is 19.3 Å². The van der Waals surface area contributed by atoms with Gasteiger partial charge in [-0.05, 0) is 18.6 Å². The van der Waals surface area contributed by atoms with E-state index >= 15 is 0 Å². The number of hydrogen-bond acceptors (Lipinski definition) is 7. The van der Waals surface area contributed by atoms with Crippen molar-refractivity contribution >= 4 is 44.6 Å². The van der Waals surface area contributed by atoms with Crippen LogP contribution >= 0.6 is 11.7 Å². The van der Waals surface area contributed by atoms with E-state index in [9.17, 15) is 18.0 Å². The second-order valence-corrected chi connectivity index (χ2v) is 9.34. The zero-order valence-corrected chi connectivity index (χ0v) is 16.9. The SMILES string of the molecule is O=C1CCCN1CCC(=O)N1CCN(S(=O)(=O)c2cccc3nsnc23)CC1. The molecule has 0 spiro atoms. The molecule has 0 atom stereocenters. The summed E-state index contributed by atoms with van der Waals surface area (Å²) in [5, 5.41) is 0. The molecule has 150 valence electrons. The number of sulfonamides is 1. The maximum atomic E-state index is 13.0. The Morgan fingerprint density at radius 1 is 1.11 bits per heavy atom. The van der Waals surface area contributed by atoms with Crippen LogP contribution in [0.15, 0.2) is 23.1 Å². The van der Waals surface area contributed by atoms with Crippen molar-refractivity contribution < 1.29 is 18.0 Å². The number of likely N-dealkylation sites (tertiary alicyclic amines) is 1. The molecule has 9 nitrogen and oxygen atoms in total. The summed E-state index contributed by atoms with van der Waals surface area (Å²) in [4.78, 5) is 27.6. The molecular formula is C17H21N5O4S2. The standard InChI is InChI=1S/C17H21N5O4S2/c23-15-5-2-7-20(15)8-6-16(24)21-9-11-22(12-10-21)28(25,26)14-4-1-3-13-17(14)19-27-18-13/h1,3-4H,2,5-12H2. The van der Waals surface area contributed by atoms with E-state index in [2.05, 4.69) is 8.75 Å². The van der Waals surface area contributed by atoms with E-state index in [-0.39, 0.29) is 36.2 Å². The minimum absolute atomic E-state index is 0.0393. The van der Waals surface area contributed by atoms with Gasteiger partial charge in [0.2, 0.25) is 21.8 Å². The van der Waals surface area contributed by atoms with Crippen LogP contribution in [0, 0.1) is 0 Å². The number of rotatable bonds is 5. The van der Waals surface area contributed by atoms with Crippen molar-refractivity contribution in [3.8, 4) is 0 Å². The molecule has 3 heterocycles. The Morgan fingerprint density at radius 3 is 2.61 bits per heavy atom. The van der Waals surface area contributed by atoms with Crippen molar-refractivity contribution in [2.45, 2.75) is 24.2 Å². The minimum atomic E-state index is -3.69. The van der Waals surface area contributed by atoms with Crippen molar-refractivity contribution in [1.82, 2.24) is 22.9 Å². The number of fused-ring (bicyclic) bond motifs is 1. The van der Waals surface area contributed by atoms with Gasteiger partial charge in [0.25, 0.3) is 0 Å². The fourth-order valence-electron chi connectivity index (χ4n) is 3.64. The molecule has 0 unspecified atom stereocenters. The maximum Gasteiger partial charge on any atom is 0.245 e. The molecule has 2 amide bonds. The van der Waals surface area contributed by atoms with Crippen LogP contribution in [0.4, 0.5) is 0 Å². The minimum Gasteiger partial charge on any atom is -0.342 e. The maximum absolute atomic E-state index is 13.0. The van der Waals surface area contributed by atoms with Crippen LogP contribution in [-0.4, -0.2) is 82.4 Å². The van der Waals surface area contributed by atoms with E-state index < -0.39 is 10.0 Å². The third-order valence-electron chi connectivity index (χ3n) is 5.23. The van der Waals surface area contributed by atoms with Gasteiger partial charge in [-0.3, -0.25) is 9.59 Å². The first-order valence-electron chi connectivity index (χ1n) is 9.24. The van der Waals surface area contributed by atoms with Crippen molar-refractivity contribution in [2.24, 2.45) is 0 Å². The summed E-state index contributed by atoms with van der Waals surface area (Å²) in [5.41, 5.74) is 0.956. The normalized spacial score (nSPS) is 18.9. The Bertz CT molecular complexity index is 998. The van der Waals surface area contributed by atoms with E-state index in [0.29, 0.717) is 37.1 Å². The van der Waals surface area contributed by atoms with Crippen molar-refractivity contribution in [2.75, 3.05) is 39.3 Å². The lowest BCUT2D eigenvalue weighted by molar-refractivity contribution is -0.133. The molecule has 2 aliphatic heterocycles. The predicted octanol–water partition coefficient (Wildman–Crippen LogP) is 0.537. The molecular weight excluding hydrogens is 402 g/mol. The third-order valence-corrected chi connectivity index (χ3v) is 7.70. The number of piperazine rings is 1. The Balaban J connectivity index is 1.37. The lowest BCUT2D eigenvalue weighted by atomic mass is 10.3. The van der Waals surface area contributed by atoms with Gasteiger partial charge < -0.3 is 9.80 Å². The van der Waals surface area contributed by atoms with Crippen LogP contribution in [0.3, 0.4) is 0 Å². The van der Waals surface area contributed by atoms with Crippen LogP contribution < -0.4 is 0 Å². The third kappa shape index (κ3) is 3.61. The van der Waals surface area contributed by atoms with Gasteiger partial charge in [-0.2, -0.15) is 13.1 Å². The van der Waals surface area contributed by atoms with Gasteiger partial charge in [-0.25, -0.2) is 8.42 Å². The number of carbonyl (C=O) groups excluding carboxylic acids is 2. The first-order valence-corrected chi connectivity index (χ1v) is 11.4. The largest absolute Gasteiger partial charge is 0.342 e. The van der Waals surface area contributed by atoms with Crippen LogP contribution in [-0.2, 0) is 19.6 Å². The Labute approximate surface area is 167 Å². The summed E-state index contributed by atoms with van der Waals surface area (Å²) in [6.07, 6.45) is 1.69. The van der Waals surface area contributed by atoms with E-state index in [0.717, 1.165) is 24.7 Å². The van der Waals surface area contributed by atoms with Crippen LogP contribution in [0.25, 0.3) is 11.0 Å². The second-order valence-electron chi connectivity index (χ2n) is 6.91. The number of hydrogen-bond donors (Lipinski definition) is 0. The number of aromatic nitrogens is 2. The highest BCUT2D eigenvalue weighted by Gasteiger charge is 2.32. The molecule has 4 rings (SSSR count). The number of nitrogens with zero attached hydrogens (tertiary/aromatic N) is 5. The monoisotopic (exact) mass is 423 g/mol. The summed E-state index contributed by atoms with van der Waals surface area (Å²) in [6.45, 7) is 2.33. The summed E-state index contributed by atoms with van der Waals surface area (Å²) in [5.74, 6) is 0.0666. The van der Waals surface area contributed by atoms with E-state index in [4.69, 9.17) is 0 Å². The molecule has 0 N–H and O–H groups in total.